The first-order valence-electron chi connectivity index (χ1n) is 12.8. The summed E-state index contributed by atoms with van der Waals surface area (Å²) in [6, 6.07) is 10.0. The number of amides is 1. The quantitative estimate of drug-likeness (QED) is 0.725. The van der Waals surface area contributed by atoms with Gasteiger partial charge in [-0.3, -0.25) is 14.5 Å². The van der Waals surface area contributed by atoms with Gasteiger partial charge in [0.05, 0.1) is 11.7 Å². The van der Waals surface area contributed by atoms with Gasteiger partial charge >= 0.3 is 0 Å². The third kappa shape index (κ3) is 5.21. The first kappa shape index (κ1) is 22.3. The molecule has 6 nitrogen and oxygen atoms in total. The zero-order chi connectivity index (χ0) is 22.6. The van der Waals surface area contributed by atoms with Crippen LogP contribution in [0.25, 0.3) is 0 Å². The Hall–Kier alpha value is -2.47. The highest BCUT2D eigenvalue weighted by Gasteiger charge is 2.33. The van der Waals surface area contributed by atoms with Crippen LogP contribution in [0.1, 0.15) is 80.1 Å². The molecule has 1 amide bonds. The SMILES string of the molecule is O=C(CCc1ccccc1)N1CCC[C@H]1c1nc2c(c(=O)[nH]1)CCN(CC1CCCCC1)C2. The highest BCUT2D eigenvalue weighted by Crippen LogP contribution is 2.31. The van der Waals surface area contributed by atoms with E-state index in [1.807, 2.05) is 23.1 Å². The number of aromatic amines is 1. The molecule has 1 N–H and O–H groups in total. The molecule has 3 heterocycles. The Morgan fingerprint density at radius 3 is 2.67 bits per heavy atom. The van der Waals surface area contributed by atoms with Crippen molar-refractivity contribution < 1.29 is 4.79 Å². The second kappa shape index (κ2) is 10.2. The number of likely N-dealkylation sites (tertiary alicyclic amines) is 1. The topological polar surface area (TPSA) is 69.3 Å². The van der Waals surface area contributed by atoms with Gasteiger partial charge in [-0.15, -0.1) is 0 Å². The molecule has 1 aromatic heterocycles. The van der Waals surface area contributed by atoms with Gasteiger partial charge in [0.2, 0.25) is 5.91 Å². The number of aryl methyl sites for hydroxylation is 1. The molecular formula is C27H36N4O2. The smallest absolute Gasteiger partial charge is 0.254 e. The van der Waals surface area contributed by atoms with Crippen LogP contribution < -0.4 is 5.56 Å². The molecule has 0 spiro atoms. The van der Waals surface area contributed by atoms with Crippen LogP contribution in [0, 0.1) is 5.92 Å². The van der Waals surface area contributed by atoms with Crippen molar-refractivity contribution in [2.45, 2.75) is 76.8 Å². The lowest BCUT2D eigenvalue weighted by Crippen LogP contribution is -2.39. The Kier molecular flexibility index (Phi) is 6.91. The Bertz CT molecular complexity index is 1010. The van der Waals surface area contributed by atoms with Gasteiger partial charge in [-0.2, -0.15) is 0 Å². The Morgan fingerprint density at radius 1 is 1.03 bits per heavy atom. The van der Waals surface area contributed by atoms with Crippen LogP contribution in [0.15, 0.2) is 35.1 Å². The first-order valence-corrected chi connectivity index (χ1v) is 12.8. The number of benzene rings is 1. The minimum atomic E-state index is -0.111. The van der Waals surface area contributed by atoms with Gasteiger partial charge in [0.25, 0.3) is 5.56 Å². The van der Waals surface area contributed by atoms with Gasteiger partial charge in [-0.1, -0.05) is 49.6 Å². The van der Waals surface area contributed by atoms with E-state index < -0.39 is 0 Å². The molecule has 0 bridgehead atoms. The second-order valence-corrected chi connectivity index (χ2v) is 10.1. The first-order chi connectivity index (χ1) is 16.2. The summed E-state index contributed by atoms with van der Waals surface area (Å²) in [5.74, 6) is 1.62. The number of nitrogens with one attached hydrogen (secondary N) is 1. The Morgan fingerprint density at radius 2 is 1.85 bits per heavy atom. The van der Waals surface area contributed by atoms with Crippen molar-refractivity contribution in [2.75, 3.05) is 19.6 Å². The van der Waals surface area contributed by atoms with Gasteiger partial charge in [0, 0.05) is 38.2 Å². The van der Waals surface area contributed by atoms with Crippen LogP contribution in [-0.2, 0) is 24.2 Å². The van der Waals surface area contributed by atoms with Crippen LogP contribution in [0.4, 0.5) is 0 Å². The molecule has 1 saturated heterocycles. The minimum absolute atomic E-state index is 0.00380. The van der Waals surface area contributed by atoms with E-state index in [0.717, 1.165) is 69.0 Å². The third-order valence-electron chi connectivity index (χ3n) is 7.77. The molecular weight excluding hydrogens is 412 g/mol. The van der Waals surface area contributed by atoms with E-state index in [9.17, 15) is 9.59 Å². The summed E-state index contributed by atoms with van der Waals surface area (Å²) in [5, 5.41) is 0. The lowest BCUT2D eigenvalue weighted by molar-refractivity contribution is -0.132. The maximum atomic E-state index is 13.0. The largest absolute Gasteiger partial charge is 0.333 e. The zero-order valence-corrected chi connectivity index (χ0v) is 19.6. The van der Waals surface area contributed by atoms with E-state index in [4.69, 9.17) is 4.98 Å². The van der Waals surface area contributed by atoms with Gasteiger partial charge in [-0.05, 0) is 50.0 Å². The van der Waals surface area contributed by atoms with Crippen molar-refractivity contribution in [1.82, 2.24) is 19.8 Å². The number of aromatic nitrogens is 2. The summed E-state index contributed by atoms with van der Waals surface area (Å²) in [6.45, 7) is 3.57. The van der Waals surface area contributed by atoms with E-state index in [1.165, 1.54) is 37.7 Å². The molecule has 5 rings (SSSR count). The number of hydrogen-bond donors (Lipinski definition) is 1. The third-order valence-corrected chi connectivity index (χ3v) is 7.77. The summed E-state index contributed by atoms with van der Waals surface area (Å²) in [5.41, 5.74) is 2.95. The van der Waals surface area contributed by atoms with Crippen molar-refractivity contribution in [3.8, 4) is 0 Å². The standard InChI is InChI=1S/C27H36N4O2/c32-25(14-13-20-8-3-1-4-9-20)31-16-7-12-24(31)26-28-23-19-30(17-15-22(23)27(33)29-26)18-21-10-5-2-6-11-21/h1,3-4,8-9,21,24H,2,5-7,10-19H2,(H,28,29,33)/t24-/m0/s1. The van der Waals surface area contributed by atoms with Gasteiger partial charge in [0.15, 0.2) is 0 Å². The lowest BCUT2D eigenvalue weighted by Gasteiger charge is -2.33. The van der Waals surface area contributed by atoms with Crippen molar-refractivity contribution in [1.29, 1.82) is 0 Å². The van der Waals surface area contributed by atoms with Gasteiger partial charge in [-0.25, -0.2) is 4.98 Å². The molecule has 1 saturated carbocycles. The minimum Gasteiger partial charge on any atom is -0.333 e. The number of nitrogens with zero attached hydrogens (tertiary/aromatic N) is 3. The average Bonchev–Trinajstić information content (AvgIpc) is 3.34. The van der Waals surface area contributed by atoms with E-state index in [-0.39, 0.29) is 17.5 Å². The van der Waals surface area contributed by atoms with Crippen molar-refractivity contribution in [3.05, 3.63) is 63.3 Å². The number of fused-ring (bicyclic) bond motifs is 1. The summed E-state index contributed by atoms with van der Waals surface area (Å²) >= 11 is 0. The van der Waals surface area contributed by atoms with Crippen LogP contribution in [0.2, 0.25) is 0 Å². The zero-order valence-electron chi connectivity index (χ0n) is 19.6. The van der Waals surface area contributed by atoms with E-state index in [0.29, 0.717) is 12.2 Å². The fraction of sp³-hybridized carbons (Fsp3) is 0.593. The maximum absolute atomic E-state index is 13.0. The van der Waals surface area contributed by atoms with E-state index in [1.54, 1.807) is 0 Å². The molecule has 176 valence electrons. The normalized spacial score (nSPS) is 21.8. The molecule has 2 fully saturated rings. The van der Waals surface area contributed by atoms with Crippen molar-refractivity contribution >= 4 is 5.91 Å². The summed E-state index contributed by atoms with van der Waals surface area (Å²) in [7, 11) is 0. The molecule has 1 atom stereocenters. The molecule has 1 aliphatic carbocycles. The highest BCUT2D eigenvalue weighted by molar-refractivity contribution is 5.77. The fourth-order valence-electron chi connectivity index (χ4n) is 5.95. The summed E-state index contributed by atoms with van der Waals surface area (Å²) in [6.07, 6.45) is 10.6. The number of carbonyl (C=O) groups excluding carboxylic acids is 1. The molecule has 2 aromatic rings. The predicted molar refractivity (Wildman–Crippen MR) is 129 cm³/mol. The van der Waals surface area contributed by atoms with Crippen LogP contribution in [0.3, 0.4) is 0 Å². The lowest BCUT2D eigenvalue weighted by atomic mass is 9.88. The second-order valence-electron chi connectivity index (χ2n) is 10.1. The molecule has 33 heavy (non-hydrogen) atoms. The van der Waals surface area contributed by atoms with Crippen LogP contribution in [-0.4, -0.2) is 45.3 Å². The average molecular weight is 449 g/mol. The monoisotopic (exact) mass is 448 g/mol. The summed E-state index contributed by atoms with van der Waals surface area (Å²) < 4.78 is 0. The molecule has 0 unspecified atom stereocenters. The number of hydrogen-bond acceptors (Lipinski definition) is 4. The van der Waals surface area contributed by atoms with Crippen LogP contribution in [0.5, 0.6) is 0 Å². The predicted octanol–water partition coefficient (Wildman–Crippen LogP) is 4.00. The Labute approximate surface area is 196 Å². The van der Waals surface area contributed by atoms with E-state index >= 15 is 0 Å². The van der Waals surface area contributed by atoms with Gasteiger partial charge < -0.3 is 9.88 Å². The molecule has 0 radical (unpaired) electrons. The molecule has 1 aromatic carbocycles. The van der Waals surface area contributed by atoms with Gasteiger partial charge in [0.1, 0.15) is 5.82 Å². The van der Waals surface area contributed by atoms with Crippen molar-refractivity contribution in [2.24, 2.45) is 5.92 Å². The fourth-order valence-corrected chi connectivity index (χ4v) is 5.95. The number of carbonyl (C=O) groups is 1. The number of H-pyrrole nitrogens is 1. The van der Waals surface area contributed by atoms with E-state index in [2.05, 4.69) is 22.0 Å². The Balaban J connectivity index is 1.27. The van der Waals surface area contributed by atoms with Crippen molar-refractivity contribution in [3.63, 3.8) is 0 Å². The van der Waals surface area contributed by atoms with Crippen LogP contribution >= 0.6 is 0 Å². The molecule has 2 aliphatic heterocycles. The maximum Gasteiger partial charge on any atom is 0.254 e. The molecule has 6 heteroatoms. The summed E-state index contributed by atoms with van der Waals surface area (Å²) in [4.78, 5) is 38.4. The molecule has 3 aliphatic rings. The highest BCUT2D eigenvalue weighted by atomic mass is 16.2. The number of rotatable bonds is 6.